The molecule has 3 nitrogen and oxygen atoms in total. The van der Waals surface area contributed by atoms with Crippen molar-refractivity contribution in [1.29, 1.82) is 0 Å². The van der Waals surface area contributed by atoms with Crippen LogP contribution in [0.4, 0.5) is 0 Å². The van der Waals surface area contributed by atoms with E-state index in [0.29, 0.717) is 0 Å². The Morgan fingerprint density at radius 2 is 1.07 bits per heavy atom. The summed E-state index contributed by atoms with van der Waals surface area (Å²) in [5.74, 6) is 0. The Bertz CT molecular complexity index is 2810. The summed E-state index contributed by atoms with van der Waals surface area (Å²) < 4.78 is 6.41. The van der Waals surface area contributed by atoms with Crippen molar-refractivity contribution >= 4 is 76.1 Å². The fourth-order valence-corrected chi connectivity index (χ4v) is 7.09. The predicted molar refractivity (Wildman–Crippen MR) is 188 cm³/mol. The van der Waals surface area contributed by atoms with E-state index in [1.165, 1.54) is 21.5 Å². The molecule has 208 valence electrons. The summed E-state index contributed by atoms with van der Waals surface area (Å²) >= 11 is 0. The molecule has 0 fully saturated rings. The first-order chi connectivity index (χ1) is 22.3. The molecule has 8 aromatic carbocycles. The van der Waals surface area contributed by atoms with Crippen LogP contribution in [-0.4, -0.2) is 9.97 Å². The van der Waals surface area contributed by atoms with Crippen molar-refractivity contribution in [3.8, 4) is 22.5 Å². The molecule has 0 aliphatic carbocycles. The Labute approximate surface area is 258 Å². The van der Waals surface area contributed by atoms with Gasteiger partial charge in [0.2, 0.25) is 0 Å². The quantitative estimate of drug-likeness (QED) is 0.193. The fraction of sp³-hybridized carbons (Fsp3) is 0. The molecular weight excluding hydrogens is 548 g/mol. The van der Waals surface area contributed by atoms with E-state index in [9.17, 15) is 0 Å². The number of fused-ring (bicyclic) bond motifs is 12. The van der Waals surface area contributed by atoms with E-state index in [2.05, 4.69) is 127 Å². The molecule has 0 amide bonds. The average Bonchev–Trinajstić information content (AvgIpc) is 3.50. The molecule has 2 heterocycles. The molecule has 0 unspecified atom stereocenters. The molecule has 3 heteroatoms. The van der Waals surface area contributed by atoms with Crippen LogP contribution in [0.15, 0.2) is 150 Å². The summed E-state index contributed by atoms with van der Waals surface area (Å²) in [6, 6.07) is 51.3. The highest BCUT2D eigenvalue weighted by atomic mass is 16.3. The summed E-state index contributed by atoms with van der Waals surface area (Å²) in [6.07, 6.45) is 0. The second-order valence-electron chi connectivity index (χ2n) is 11.7. The van der Waals surface area contributed by atoms with Crippen LogP contribution in [0.5, 0.6) is 0 Å². The number of hydrogen-bond donors (Lipinski definition) is 0. The third-order valence-corrected chi connectivity index (χ3v) is 9.22. The molecule has 10 aromatic rings. The van der Waals surface area contributed by atoms with Gasteiger partial charge in [0.05, 0.1) is 22.4 Å². The Balaban J connectivity index is 1.24. The van der Waals surface area contributed by atoms with Gasteiger partial charge in [-0.2, -0.15) is 0 Å². The Morgan fingerprint density at radius 1 is 0.400 bits per heavy atom. The molecule has 10 rings (SSSR count). The summed E-state index contributed by atoms with van der Waals surface area (Å²) in [5, 5.41) is 11.7. The van der Waals surface area contributed by atoms with Crippen LogP contribution >= 0.6 is 0 Å². The fourth-order valence-electron chi connectivity index (χ4n) is 7.09. The van der Waals surface area contributed by atoms with Gasteiger partial charge >= 0.3 is 0 Å². The number of aromatic nitrogens is 2. The molecule has 0 bridgehead atoms. The minimum atomic E-state index is 0.883. The number of hydrogen-bond acceptors (Lipinski definition) is 3. The minimum absolute atomic E-state index is 0.883. The third-order valence-electron chi connectivity index (χ3n) is 9.22. The molecular formula is C42H24N2O. The molecule has 0 radical (unpaired) electrons. The van der Waals surface area contributed by atoms with Gasteiger partial charge in [-0.25, -0.2) is 9.97 Å². The van der Waals surface area contributed by atoms with Gasteiger partial charge in [-0.3, -0.25) is 0 Å². The molecule has 45 heavy (non-hydrogen) atoms. The predicted octanol–water partition coefficient (Wildman–Crippen LogP) is 11.5. The largest absolute Gasteiger partial charge is 0.455 e. The Morgan fingerprint density at radius 3 is 2.00 bits per heavy atom. The molecule has 2 aromatic heterocycles. The Hall–Kier alpha value is -6.06. The van der Waals surface area contributed by atoms with Gasteiger partial charge in [-0.05, 0) is 62.6 Å². The highest BCUT2D eigenvalue weighted by Gasteiger charge is 2.17. The summed E-state index contributed by atoms with van der Waals surface area (Å²) in [7, 11) is 0. The highest BCUT2D eigenvalue weighted by Crippen LogP contribution is 2.40. The van der Waals surface area contributed by atoms with Gasteiger partial charge in [0.1, 0.15) is 11.2 Å². The van der Waals surface area contributed by atoms with E-state index in [0.717, 1.165) is 77.0 Å². The maximum atomic E-state index is 6.41. The van der Waals surface area contributed by atoms with Crippen LogP contribution in [0.2, 0.25) is 0 Å². The van der Waals surface area contributed by atoms with Crippen LogP contribution in [0, 0.1) is 0 Å². The van der Waals surface area contributed by atoms with Crippen molar-refractivity contribution in [3.05, 3.63) is 146 Å². The lowest BCUT2D eigenvalue weighted by molar-refractivity contribution is 0.672. The zero-order chi connectivity index (χ0) is 29.5. The zero-order valence-corrected chi connectivity index (χ0v) is 24.2. The topological polar surface area (TPSA) is 38.9 Å². The van der Waals surface area contributed by atoms with Crippen molar-refractivity contribution in [1.82, 2.24) is 9.97 Å². The van der Waals surface area contributed by atoms with Crippen LogP contribution < -0.4 is 0 Å². The van der Waals surface area contributed by atoms with E-state index < -0.39 is 0 Å². The molecule has 0 aliphatic heterocycles. The molecule has 0 saturated heterocycles. The van der Waals surface area contributed by atoms with Crippen LogP contribution in [0.3, 0.4) is 0 Å². The first-order valence-electron chi connectivity index (χ1n) is 15.2. The number of benzene rings is 8. The first-order valence-corrected chi connectivity index (χ1v) is 15.2. The maximum Gasteiger partial charge on any atom is 0.143 e. The molecule has 0 atom stereocenters. The lowest BCUT2D eigenvalue weighted by Gasteiger charge is -2.14. The maximum absolute atomic E-state index is 6.41. The van der Waals surface area contributed by atoms with Crippen molar-refractivity contribution < 1.29 is 4.42 Å². The Kier molecular flexibility index (Phi) is 5.00. The molecule has 0 aliphatic rings. The van der Waals surface area contributed by atoms with Crippen LogP contribution in [0.1, 0.15) is 0 Å². The number of furan rings is 1. The van der Waals surface area contributed by atoms with E-state index >= 15 is 0 Å². The van der Waals surface area contributed by atoms with E-state index in [4.69, 9.17) is 14.4 Å². The second-order valence-corrected chi connectivity index (χ2v) is 11.7. The second kappa shape index (κ2) is 9.22. The van der Waals surface area contributed by atoms with Crippen LogP contribution in [0.25, 0.3) is 98.6 Å². The summed E-state index contributed by atoms with van der Waals surface area (Å²) in [6.45, 7) is 0. The van der Waals surface area contributed by atoms with E-state index in [1.54, 1.807) is 0 Å². The minimum Gasteiger partial charge on any atom is -0.455 e. The lowest BCUT2D eigenvalue weighted by Crippen LogP contribution is -1.96. The van der Waals surface area contributed by atoms with Gasteiger partial charge in [-0.15, -0.1) is 0 Å². The monoisotopic (exact) mass is 572 g/mol. The zero-order valence-electron chi connectivity index (χ0n) is 24.2. The smallest absolute Gasteiger partial charge is 0.143 e. The number of nitrogens with zero attached hydrogens (tertiary/aromatic N) is 2. The normalized spacial score (nSPS) is 12.0. The van der Waals surface area contributed by atoms with E-state index in [1.807, 2.05) is 18.2 Å². The van der Waals surface area contributed by atoms with E-state index in [-0.39, 0.29) is 0 Å². The van der Waals surface area contributed by atoms with Gasteiger partial charge in [0.25, 0.3) is 0 Å². The van der Waals surface area contributed by atoms with Crippen molar-refractivity contribution in [2.24, 2.45) is 0 Å². The van der Waals surface area contributed by atoms with Crippen molar-refractivity contribution in [2.75, 3.05) is 0 Å². The van der Waals surface area contributed by atoms with Gasteiger partial charge in [0, 0.05) is 32.7 Å². The standard InChI is InChI=1S/C42H24N2O/c1-2-9-27(10-3-1)39-40(44-41-31-11-5-4-8-25(31)18-23-36(41)43-39)29-17-19-30-28(24-29)15-14-26-16-20-35-33(38(26)30)21-22-34-32-12-6-7-13-37(32)45-42(34)35/h1-24H. The van der Waals surface area contributed by atoms with Crippen molar-refractivity contribution in [2.45, 2.75) is 0 Å². The number of para-hydroxylation sites is 1. The molecule has 0 N–H and O–H groups in total. The van der Waals surface area contributed by atoms with Crippen molar-refractivity contribution in [3.63, 3.8) is 0 Å². The lowest BCUT2D eigenvalue weighted by atomic mass is 9.93. The molecule has 0 spiro atoms. The first kappa shape index (κ1) is 24.4. The summed E-state index contributed by atoms with van der Waals surface area (Å²) in [4.78, 5) is 10.6. The SMILES string of the molecule is c1ccc(-c2nc3ccc4ccccc4c3nc2-c2ccc3c(ccc4ccc5c(ccc6c7ccccc7oc65)c43)c2)cc1. The number of rotatable bonds is 2. The van der Waals surface area contributed by atoms with Gasteiger partial charge in [0.15, 0.2) is 0 Å². The highest BCUT2D eigenvalue weighted by molar-refractivity contribution is 6.26. The van der Waals surface area contributed by atoms with Gasteiger partial charge < -0.3 is 4.42 Å². The van der Waals surface area contributed by atoms with Gasteiger partial charge in [-0.1, -0.05) is 115 Å². The average molecular weight is 573 g/mol. The van der Waals surface area contributed by atoms with Crippen LogP contribution in [-0.2, 0) is 0 Å². The molecule has 0 saturated carbocycles. The third kappa shape index (κ3) is 3.58. The summed E-state index contributed by atoms with van der Waals surface area (Å²) in [5.41, 5.74) is 7.54.